The maximum Gasteiger partial charge on any atom is 0.350 e. The van der Waals surface area contributed by atoms with E-state index in [1.54, 1.807) is 24.4 Å². The molecule has 204 valence electrons. The Morgan fingerprint density at radius 1 is 1.05 bits per heavy atom. The molecule has 40 heavy (non-hydrogen) atoms. The molecule has 11 nitrogen and oxygen atoms in total. The molecule has 0 aliphatic carbocycles. The van der Waals surface area contributed by atoms with Crippen LogP contribution in [0.5, 0.6) is 0 Å². The van der Waals surface area contributed by atoms with Gasteiger partial charge in [0.2, 0.25) is 5.95 Å². The van der Waals surface area contributed by atoms with Gasteiger partial charge in [-0.25, -0.2) is 33.4 Å². The van der Waals surface area contributed by atoms with Gasteiger partial charge in [-0.2, -0.15) is 10.4 Å². The summed E-state index contributed by atoms with van der Waals surface area (Å²) in [4.78, 5) is 30.6. The molecule has 0 saturated carbocycles. The van der Waals surface area contributed by atoms with E-state index in [1.807, 2.05) is 12.4 Å². The van der Waals surface area contributed by atoms with Crippen molar-refractivity contribution in [1.82, 2.24) is 34.6 Å². The highest BCUT2D eigenvalue weighted by Crippen LogP contribution is 2.28. The molecule has 1 N–H and O–H groups in total. The maximum absolute atomic E-state index is 15.2. The van der Waals surface area contributed by atoms with Crippen LogP contribution < -0.4 is 20.8 Å². The van der Waals surface area contributed by atoms with Crippen LogP contribution in [-0.4, -0.2) is 68.6 Å². The predicted molar refractivity (Wildman–Crippen MR) is 148 cm³/mol. The average molecular weight is 541 g/mol. The normalized spacial score (nSPS) is 17.3. The summed E-state index contributed by atoms with van der Waals surface area (Å²) in [6.45, 7) is 6.31. The van der Waals surface area contributed by atoms with E-state index in [9.17, 15) is 10.1 Å². The smallest absolute Gasteiger partial charge is 0.350 e. The van der Waals surface area contributed by atoms with Crippen molar-refractivity contribution >= 4 is 11.8 Å². The van der Waals surface area contributed by atoms with Gasteiger partial charge in [-0.05, 0) is 48.7 Å². The molecule has 1 aromatic carbocycles. The van der Waals surface area contributed by atoms with Gasteiger partial charge in [-0.3, -0.25) is 0 Å². The molecule has 0 radical (unpaired) electrons. The van der Waals surface area contributed by atoms with E-state index >= 15 is 4.39 Å². The van der Waals surface area contributed by atoms with Crippen molar-refractivity contribution < 1.29 is 4.39 Å². The molecule has 3 aromatic heterocycles. The fourth-order valence-corrected chi connectivity index (χ4v) is 5.22. The predicted octanol–water partition coefficient (Wildman–Crippen LogP) is 2.32. The minimum absolute atomic E-state index is 0.0336. The molecular weight excluding hydrogens is 511 g/mol. The van der Waals surface area contributed by atoms with E-state index in [1.165, 1.54) is 21.6 Å². The molecule has 2 fully saturated rings. The first kappa shape index (κ1) is 25.6. The first-order valence-electron chi connectivity index (χ1n) is 13.4. The first-order chi connectivity index (χ1) is 19.6. The Labute approximate surface area is 230 Å². The van der Waals surface area contributed by atoms with Gasteiger partial charge in [-0.15, -0.1) is 0 Å². The fraction of sp³-hybridized carbons (Fsp3) is 0.357. The zero-order chi connectivity index (χ0) is 27.6. The van der Waals surface area contributed by atoms with Gasteiger partial charge in [0.1, 0.15) is 24.0 Å². The summed E-state index contributed by atoms with van der Waals surface area (Å²) >= 11 is 0. The molecule has 4 aromatic rings. The van der Waals surface area contributed by atoms with Gasteiger partial charge in [0.25, 0.3) is 0 Å². The Kier molecular flexibility index (Phi) is 6.96. The van der Waals surface area contributed by atoms with E-state index in [0.717, 1.165) is 24.9 Å². The first-order valence-corrected chi connectivity index (χ1v) is 13.4. The maximum atomic E-state index is 15.2. The van der Waals surface area contributed by atoms with E-state index in [-0.39, 0.29) is 17.4 Å². The number of aromatic nitrogens is 6. The summed E-state index contributed by atoms with van der Waals surface area (Å²) in [6, 6.07) is 8.58. The van der Waals surface area contributed by atoms with Crippen LogP contribution in [0.3, 0.4) is 0 Å². The number of hydrogen-bond donors (Lipinski definition) is 1. The van der Waals surface area contributed by atoms with Crippen LogP contribution in [0.15, 0.2) is 54.0 Å². The van der Waals surface area contributed by atoms with Crippen LogP contribution in [0.4, 0.5) is 16.2 Å². The Hall–Kier alpha value is -4.63. The second-order valence-corrected chi connectivity index (χ2v) is 9.97. The van der Waals surface area contributed by atoms with Crippen LogP contribution in [-0.2, 0) is 6.42 Å². The van der Waals surface area contributed by atoms with Crippen LogP contribution in [0.1, 0.15) is 30.5 Å². The van der Waals surface area contributed by atoms with E-state index < -0.39 is 5.82 Å². The molecule has 12 heteroatoms. The van der Waals surface area contributed by atoms with Crippen molar-refractivity contribution in [1.29, 1.82) is 5.26 Å². The molecule has 0 amide bonds. The number of rotatable bonds is 6. The average Bonchev–Trinajstić information content (AvgIpc) is 3.67. The topological polar surface area (TPSA) is 121 Å². The van der Waals surface area contributed by atoms with Gasteiger partial charge in [0.15, 0.2) is 0 Å². The summed E-state index contributed by atoms with van der Waals surface area (Å²) < 4.78 is 17.9. The molecule has 2 aliphatic heterocycles. The lowest BCUT2D eigenvalue weighted by atomic mass is 10.0. The lowest BCUT2D eigenvalue weighted by molar-refractivity contribution is 0.472. The van der Waals surface area contributed by atoms with Crippen LogP contribution >= 0.6 is 0 Å². The fourth-order valence-electron chi connectivity index (χ4n) is 5.22. The minimum atomic E-state index is -0.559. The van der Waals surface area contributed by atoms with Crippen LogP contribution in [0.2, 0.25) is 0 Å². The second kappa shape index (κ2) is 10.9. The number of aryl methyl sites for hydroxylation is 1. The highest BCUT2D eigenvalue weighted by atomic mass is 19.1. The quantitative estimate of drug-likeness (QED) is 0.393. The molecule has 6 rings (SSSR count). The Bertz CT molecular complexity index is 1610. The molecule has 0 unspecified atom stereocenters. The number of nitrogens with zero attached hydrogens (tertiary/aromatic N) is 9. The summed E-state index contributed by atoms with van der Waals surface area (Å²) in [6.07, 6.45) is 8.43. The highest BCUT2D eigenvalue weighted by Gasteiger charge is 2.24. The van der Waals surface area contributed by atoms with Crippen molar-refractivity contribution in [2.45, 2.75) is 25.8 Å². The summed E-state index contributed by atoms with van der Waals surface area (Å²) in [7, 11) is 0. The zero-order valence-electron chi connectivity index (χ0n) is 22.2. The van der Waals surface area contributed by atoms with Gasteiger partial charge in [0.05, 0.1) is 17.3 Å². The SMILES string of the molecule is CCc1cnc(N2CCN(c3ncc(-c4ccc(-n5cnn([C@@H]6CCNC6)c5=O)c(F)c4)cc3C#N)CC2)nc1. The third-order valence-electron chi connectivity index (χ3n) is 7.56. The molecule has 5 heterocycles. The Balaban J connectivity index is 1.19. The summed E-state index contributed by atoms with van der Waals surface area (Å²) in [5, 5.41) is 17.3. The van der Waals surface area contributed by atoms with Crippen LogP contribution in [0.25, 0.3) is 16.8 Å². The van der Waals surface area contributed by atoms with Gasteiger partial charge in [0, 0.05) is 56.9 Å². The number of nitriles is 1. The van der Waals surface area contributed by atoms with Crippen molar-refractivity contribution in [3.05, 3.63) is 76.6 Å². The number of halogens is 1. The number of pyridine rings is 1. The third kappa shape index (κ3) is 4.80. The lowest BCUT2D eigenvalue weighted by Gasteiger charge is -2.35. The molecule has 0 bridgehead atoms. The van der Waals surface area contributed by atoms with Crippen molar-refractivity contribution in [3.8, 4) is 22.9 Å². The molecule has 0 spiro atoms. The van der Waals surface area contributed by atoms with E-state index in [2.05, 4.69) is 48.2 Å². The van der Waals surface area contributed by atoms with Crippen molar-refractivity contribution in [3.63, 3.8) is 0 Å². The molecule has 2 saturated heterocycles. The van der Waals surface area contributed by atoms with Gasteiger partial charge >= 0.3 is 5.69 Å². The molecular formula is C28H29FN10O. The Morgan fingerprint density at radius 3 is 2.50 bits per heavy atom. The number of piperazine rings is 1. The summed E-state index contributed by atoms with van der Waals surface area (Å²) in [5.41, 5.74) is 2.46. The van der Waals surface area contributed by atoms with Crippen LogP contribution in [0, 0.1) is 17.1 Å². The highest BCUT2D eigenvalue weighted by molar-refractivity contribution is 5.69. The Morgan fingerprint density at radius 2 is 1.82 bits per heavy atom. The number of benzene rings is 1. The van der Waals surface area contributed by atoms with Gasteiger partial charge in [-0.1, -0.05) is 13.0 Å². The van der Waals surface area contributed by atoms with E-state index in [4.69, 9.17) is 0 Å². The van der Waals surface area contributed by atoms with E-state index in [0.29, 0.717) is 61.2 Å². The van der Waals surface area contributed by atoms with Crippen molar-refractivity contribution in [2.75, 3.05) is 49.1 Å². The zero-order valence-corrected chi connectivity index (χ0v) is 22.2. The third-order valence-corrected chi connectivity index (χ3v) is 7.56. The number of anilines is 2. The molecule has 2 aliphatic rings. The molecule has 1 atom stereocenters. The second-order valence-electron chi connectivity index (χ2n) is 9.97. The van der Waals surface area contributed by atoms with Gasteiger partial charge < -0.3 is 15.1 Å². The number of nitrogens with one attached hydrogen (secondary N) is 1. The monoisotopic (exact) mass is 540 g/mol. The minimum Gasteiger partial charge on any atom is -0.352 e. The largest absolute Gasteiger partial charge is 0.352 e. The summed E-state index contributed by atoms with van der Waals surface area (Å²) in [5.74, 6) is 0.749. The standard InChI is InChI=1S/C28H29FN10O/c1-2-19-14-33-27(34-15-19)37-9-7-36(8-10-37)26-21(13-30)11-22(16-32-26)20-3-4-25(24(29)12-20)38-18-35-39(28(38)40)23-5-6-31-17-23/h3-4,11-12,14-16,18,23,31H,2,5-10,17H2,1H3/t23-/m1/s1. The lowest BCUT2D eigenvalue weighted by Crippen LogP contribution is -2.47. The van der Waals surface area contributed by atoms with Crippen molar-refractivity contribution in [2.24, 2.45) is 0 Å². The number of hydrogen-bond acceptors (Lipinski definition) is 9.